The van der Waals surface area contributed by atoms with Crippen LogP contribution in [0.2, 0.25) is 0 Å². The van der Waals surface area contributed by atoms with E-state index in [1.807, 2.05) is 0 Å². The number of rotatable bonds is 3. The van der Waals surface area contributed by atoms with Crippen LogP contribution < -0.4 is 5.32 Å². The van der Waals surface area contributed by atoms with Crippen molar-refractivity contribution in [2.24, 2.45) is 5.92 Å². The Morgan fingerprint density at radius 1 is 1.33 bits per heavy atom. The first-order chi connectivity index (χ1) is 5.34. The van der Waals surface area contributed by atoms with Crippen LogP contribution in [0.3, 0.4) is 0 Å². The zero-order valence-electron chi connectivity index (χ0n) is 7.75. The fourth-order valence-corrected chi connectivity index (χ4v) is 1.87. The molecule has 2 nitrogen and oxygen atoms in total. The molecule has 0 bridgehead atoms. The van der Waals surface area contributed by atoms with Crippen LogP contribution in [0.4, 0.5) is 0 Å². The second kappa shape index (κ2) is 6.70. The molecule has 0 heterocycles. The van der Waals surface area contributed by atoms with Gasteiger partial charge in [-0.3, -0.25) is 0 Å². The van der Waals surface area contributed by atoms with Crippen LogP contribution in [0.1, 0.15) is 32.6 Å². The van der Waals surface area contributed by atoms with Crippen LogP contribution in [0.5, 0.6) is 0 Å². The average Bonchev–Trinajstić information content (AvgIpc) is 2.03. The molecule has 0 amide bonds. The SMILES string of the molecule is CC1CCCCC1NCCO.Cl. The van der Waals surface area contributed by atoms with Crippen molar-refractivity contribution in [3.05, 3.63) is 0 Å². The van der Waals surface area contributed by atoms with E-state index in [0.29, 0.717) is 6.04 Å². The second-order valence-corrected chi connectivity index (χ2v) is 3.55. The van der Waals surface area contributed by atoms with Gasteiger partial charge >= 0.3 is 0 Å². The summed E-state index contributed by atoms with van der Waals surface area (Å²) in [5.41, 5.74) is 0. The fraction of sp³-hybridized carbons (Fsp3) is 1.00. The summed E-state index contributed by atoms with van der Waals surface area (Å²) in [6, 6.07) is 0.663. The third-order valence-corrected chi connectivity index (χ3v) is 2.63. The first-order valence-electron chi connectivity index (χ1n) is 4.69. The zero-order chi connectivity index (χ0) is 8.10. The molecule has 1 aliphatic rings. The molecule has 0 spiro atoms. The Hall–Kier alpha value is 0.210. The minimum Gasteiger partial charge on any atom is -0.395 e. The van der Waals surface area contributed by atoms with E-state index in [1.54, 1.807) is 0 Å². The summed E-state index contributed by atoms with van der Waals surface area (Å²) in [4.78, 5) is 0. The van der Waals surface area contributed by atoms with Gasteiger partial charge in [0, 0.05) is 12.6 Å². The summed E-state index contributed by atoms with van der Waals surface area (Å²) < 4.78 is 0. The number of hydrogen-bond donors (Lipinski definition) is 2. The highest BCUT2D eigenvalue weighted by molar-refractivity contribution is 5.85. The van der Waals surface area contributed by atoms with Crippen molar-refractivity contribution in [2.75, 3.05) is 13.2 Å². The molecule has 1 saturated carbocycles. The van der Waals surface area contributed by atoms with Gasteiger partial charge in [-0.2, -0.15) is 0 Å². The van der Waals surface area contributed by atoms with Crippen molar-refractivity contribution in [2.45, 2.75) is 38.6 Å². The summed E-state index contributed by atoms with van der Waals surface area (Å²) in [7, 11) is 0. The van der Waals surface area contributed by atoms with Gasteiger partial charge in [-0.25, -0.2) is 0 Å². The van der Waals surface area contributed by atoms with Crippen LogP contribution in [0, 0.1) is 5.92 Å². The van der Waals surface area contributed by atoms with E-state index in [-0.39, 0.29) is 19.0 Å². The average molecular weight is 194 g/mol. The number of nitrogens with one attached hydrogen (secondary N) is 1. The van der Waals surface area contributed by atoms with Crippen molar-refractivity contribution in [1.29, 1.82) is 0 Å². The van der Waals surface area contributed by atoms with Crippen LogP contribution in [-0.2, 0) is 0 Å². The van der Waals surface area contributed by atoms with Crippen LogP contribution in [0.25, 0.3) is 0 Å². The summed E-state index contributed by atoms with van der Waals surface area (Å²) in [6.07, 6.45) is 5.39. The molecular formula is C9H20ClNO. The molecule has 3 heteroatoms. The lowest BCUT2D eigenvalue weighted by molar-refractivity contribution is 0.241. The van der Waals surface area contributed by atoms with Crippen molar-refractivity contribution >= 4 is 12.4 Å². The Morgan fingerprint density at radius 2 is 2.00 bits per heavy atom. The van der Waals surface area contributed by atoms with Gasteiger partial charge in [0.2, 0.25) is 0 Å². The molecule has 0 aromatic rings. The van der Waals surface area contributed by atoms with E-state index in [0.717, 1.165) is 12.5 Å². The summed E-state index contributed by atoms with van der Waals surface area (Å²) >= 11 is 0. The van der Waals surface area contributed by atoms with Gasteiger partial charge in [-0.15, -0.1) is 12.4 Å². The highest BCUT2D eigenvalue weighted by Crippen LogP contribution is 2.23. The Morgan fingerprint density at radius 3 is 2.58 bits per heavy atom. The Bertz CT molecular complexity index is 111. The summed E-state index contributed by atoms with van der Waals surface area (Å²) in [5.74, 6) is 0.801. The van der Waals surface area contributed by atoms with E-state index in [9.17, 15) is 0 Å². The highest BCUT2D eigenvalue weighted by Gasteiger charge is 2.19. The lowest BCUT2D eigenvalue weighted by Crippen LogP contribution is -2.38. The molecule has 1 rings (SSSR count). The monoisotopic (exact) mass is 193 g/mol. The van der Waals surface area contributed by atoms with E-state index < -0.39 is 0 Å². The van der Waals surface area contributed by atoms with E-state index in [4.69, 9.17) is 5.11 Å². The summed E-state index contributed by atoms with van der Waals surface area (Å²) in [6.45, 7) is 3.33. The van der Waals surface area contributed by atoms with Crippen molar-refractivity contribution in [3.8, 4) is 0 Å². The van der Waals surface area contributed by atoms with Gasteiger partial charge in [0.05, 0.1) is 6.61 Å². The van der Waals surface area contributed by atoms with Crippen LogP contribution in [-0.4, -0.2) is 24.3 Å². The normalized spacial score (nSPS) is 29.5. The van der Waals surface area contributed by atoms with Crippen molar-refractivity contribution in [3.63, 3.8) is 0 Å². The first-order valence-corrected chi connectivity index (χ1v) is 4.69. The van der Waals surface area contributed by atoms with Crippen molar-refractivity contribution < 1.29 is 5.11 Å². The molecule has 12 heavy (non-hydrogen) atoms. The first kappa shape index (κ1) is 12.2. The Kier molecular flexibility index (Phi) is 6.81. The molecule has 2 unspecified atom stereocenters. The Labute approximate surface area is 81.2 Å². The molecule has 0 aromatic heterocycles. The predicted octanol–water partition coefficient (Wildman–Crippen LogP) is 1.57. The molecule has 0 aliphatic heterocycles. The van der Waals surface area contributed by atoms with E-state index in [1.165, 1.54) is 25.7 Å². The predicted molar refractivity (Wildman–Crippen MR) is 53.8 cm³/mol. The fourth-order valence-electron chi connectivity index (χ4n) is 1.87. The molecule has 0 saturated heterocycles. The highest BCUT2D eigenvalue weighted by atomic mass is 35.5. The number of aliphatic hydroxyl groups is 1. The second-order valence-electron chi connectivity index (χ2n) is 3.55. The van der Waals surface area contributed by atoms with Gasteiger partial charge in [0.1, 0.15) is 0 Å². The maximum absolute atomic E-state index is 8.62. The standard InChI is InChI=1S/C9H19NO.ClH/c1-8-4-2-3-5-9(8)10-6-7-11;/h8-11H,2-7H2,1H3;1H. The lowest BCUT2D eigenvalue weighted by Gasteiger charge is -2.29. The smallest absolute Gasteiger partial charge is 0.0556 e. The van der Waals surface area contributed by atoms with E-state index >= 15 is 0 Å². The molecule has 2 N–H and O–H groups in total. The molecule has 74 valence electrons. The number of halogens is 1. The van der Waals surface area contributed by atoms with Gasteiger partial charge in [-0.1, -0.05) is 19.8 Å². The molecule has 0 aromatic carbocycles. The molecule has 0 radical (unpaired) electrons. The largest absolute Gasteiger partial charge is 0.395 e. The topological polar surface area (TPSA) is 32.3 Å². The maximum Gasteiger partial charge on any atom is 0.0556 e. The maximum atomic E-state index is 8.62. The van der Waals surface area contributed by atoms with Crippen LogP contribution >= 0.6 is 12.4 Å². The van der Waals surface area contributed by atoms with E-state index in [2.05, 4.69) is 12.2 Å². The number of aliphatic hydroxyl groups excluding tert-OH is 1. The zero-order valence-corrected chi connectivity index (χ0v) is 8.57. The third kappa shape index (κ3) is 3.74. The lowest BCUT2D eigenvalue weighted by atomic mass is 9.86. The number of hydrogen-bond acceptors (Lipinski definition) is 2. The third-order valence-electron chi connectivity index (χ3n) is 2.63. The summed E-state index contributed by atoms with van der Waals surface area (Å²) in [5, 5.41) is 12.0. The van der Waals surface area contributed by atoms with Gasteiger partial charge in [0.15, 0.2) is 0 Å². The van der Waals surface area contributed by atoms with Gasteiger partial charge in [-0.05, 0) is 18.8 Å². The minimum atomic E-state index is 0. The Balaban J connectivity index is 0.00000121. The van der Waals surface area contributed by atoms with Gasteiger partial charge < -0.3 is 10.4 Å². The van der Waals surface area contributed by atoms with Crippen molar-refractivity contribution in [1.82, 2.24) is 5.32 Å². The molecule has 1 fully saturated rings. The molecule has 2 atom stereocenters. The minimum absolute atomic E-state index is 0. The van der Waals surface area contributed by atoms with Crippen LogP contribution in [0.15, 0.2) is 0 Å². The van der Waals surface area contributed by atoms with Gasteiger partial charge in [0.25, 0.3) is 0 Å². The molecule has 1 aliphatic carbocycles. The quantitative estimate of drug-likeness (QED) is 0.714. The molecular weight excluding hydrogens is 174 g/mol.